The number of hydrogen-bond donors (Lipinski definition) is 1. The van der Waals surface area contributed by atoms with Gasteiger partial charge in [0.2, 0.25) is 0 Å². The van der Waals surface area contributed by atoms with Crippen LogP contribution in [0.25, 0.3) is 10.6 Å². The number of nitrogens with one attached hydrogen (secondary N) is 1. The summed E-state index contributed by atoms with van der Waals surface area (Å²) in [6.07, 6.45) is 1.93. The van der Waals surface area contributed by atoms with Crippen molar-refractivity contribution in [3.63, 3.8) is 0 Å². The minimum atomic E-state index is 0.572. The summed E-state index contributed by atoms with van der Waals surface area (Å²) in [4.78, 5) is 4.48. The highest BCUT2D eigenvalue weighted by Gasteiger charge is 2.08. The number of anilines is 1. The molecule has 4 aromatic rings. The Labute approximate surface area is 136 Å². The van der Waals surface area contributed by atoms with Gasteiger partial charge in [-0.1, -0.05) is 5.21 Å². The maximum atomic E-state index is 4.48. The van der Waals surface area contributed by atoms with Crippen LogP contribution in [0.15, 0.2) is 35.8 Å². The Morgan fingerprint density at radius 3 is 2.96 bits per heavy atom. The Kier molecular flexibility index (Phi) is 3.30. The number of hydrogen-bond acceptors (Lipinski definition) is 6. The van der Waals surface area contributed by atoms with Gasteiger partial charge in [-0.2, -0.15) is 9.61 Å². The fraction of sp³-hybridized carbons (Fsp3) is 0.200. The van der Waals surface area contributed by atoms with E-state index in [2.05, 4.69) is 25.7 Å². The summed E-state index contributed by atoms with van der Waals surface area (Å²) in [7, 11) is 0. The van der Waals surface area contributed by atoms with Crippen molar-refractivity contribution >= 4 is 22.8 Å². The predicted molar refractivity (Wildman–Crippen MR) is 89.0 cm³/mol. The standard InChI is InChI=1S/C15H15N7S/c1-10-6-13(22-14(17-10)7-11(2)19-22)16-8-12-9-21(20-18-12)15-4-3-5-23-15/h3-7,9,16H,8H2,1-2H3. The first kappa shape index (κ1) is 13.9. The van der Waals surface area contributed by atoms with Gasteiger partial charge in [-0.05, 0) is 31.4 Å². The van der Waals surface area contributed by atoms with Gasteiger partial charge < -0.3 is 5.32 Å². The lowest BCUT2D eigenvalue weighted by molar-refractivity contribution is 0.808. The van der Waals surface area contributed by atoms with Crippen molar-refractivity contribution in [1.29, 1.82) is 0 Å². The fourth-order valence-corrected chi connectivity index (χ4v) is 3.06. The third kappa shape index (κ3) is 2.68. The molecule has 0 amide bonds. The molecule has 0 aliphatic rings. The Bertz CT molecular complexity index is 952. The van der Waals surface area contributed by atoms with Crippen molar-refractivity contribution in [2.24, 2.45) is 0 Å². The van der Waals surface area contributed by atoms with Crippen LogP contribution in [0.1, 0.15) is 17.1 Å². The Morgan fingerprint density at radius 1 is 1.22 bits per heavy atom. The van der Waals surface area contributed by atoms with Crippen molar-refractivity contribution in [3.8, 4) is 5.00 Å². The number of nitrogens with zero attached hydrogens (tertiary/aromatic N) is 6. The van der Waals surface area contributed by atoms with Crippen LogP contribution in [0.5, 0.6) is 0 Å². The second-order valence-corrected chi connectivity index (χ2v) is 6.22. The van der Waals surface area contributed by atoms with E-state index < -0.39 is 0 Å². The lowest BCUT2D eigenvalue weighted by Crippen LogP contribution is -2.07. The second-order valence-electron chi connectivity index (χ2n) is 5.30. The van der Waals surface area contributed by atoms with Gasteiger partial charge in [-0.15, -0.1) is 16.4 Å². The van der Waals surface area contributed by atoms with Crippen LogP contribution < -0.4 is 5.32 Å². The third-order valence-electron chi connectivity index (χ3n) is 3.40. The zero-order valence-corrected chi connectivity index (χ0v) is 13.6. The van der Waals surface area contributed by atoms with Crippen LogP contribution in [-0.2, 0) is 6.54 Å². The molecule has 0 bridgehead atoms. The van der Waals surface area contributed by atoms with Crippen LogP contribution in [-0.4, -0.2) is 29.6 Å². The molecule has 116 valence electrons. The minimum absolute atomic E-state index is 0.572. The fourth-order valence-electron chi connectivity index (χ4n) is 2.41. The molecule has 0 saturated carbocycles. The van der Waals surface area contributed by atoms with E-state index in [0.29, 0.717) is 6.54 Å². The van der Waals surface area contributed by atoms with E-state index in [1.807, 2.05) is 54.2 Å². The van der Waals surface area contributed by atoms with Gasteiger partial charge in [0.05, 0.1) is 18.4 Å². The van der Waals surface area contributed by atoms with E-state index in [4.69, 9.17) is 0 Å². The zero-order chi connectivity index (χ0) is 15.8. The van der Waals surface area contributed by atoms with Gasteiger partial charge in [0, 0.05) is 17.8 Å². The van der Waals surface area contributed by atoms with E-state index in [9.17, 15) is 0 Å². The van der Waals surface area contributed by atoms with Crippen molar-refractivity contribution in [3.05, 3.63) is 52.9 Å². The molecule has 4 heterocycles. The van der Waals surface area contributed by atoms with Crippen LogP contribution in [0, 0.1) is 13.8 Å². The molecule has 0 saturated heterocycles. The molecule has 0 aliphatic carbocycles. The minimum Gasteiger partial charge on any atom is -0.364 e. The average Bonchev–Trinajstić information content (AvgIpc) is 3.24. The topological polar surface area (TPSA) is 72.9 Å². The quantitative estimate of drug-likeness (QED) is 0.624. The summed E-state index contributed by atoms with van der Waals surface area (Å²) in [5.74, 6) is 0.895. The largest absolute Gasteiger partial charge is 0.364 e. The van der Waals surface area contributed by atoms with Crippen molar-refractivity contribution < 1.29 is 0 Å². The highest BCUT2D eigenvalue weighted by molar-refractivity contribution is 7.12. The SMILES string of the molecule is Cc1cc(NCc2cn(-c3cccs3)nn2)n2nc(C)cc2n1. The van der Waals surface area contributed by atoms with E-state index in [1.165, 1.54) is 0 Å². The second kappa shape index (κ2) is 5.47. The normalized spacial score (nSPS) is 11.2. The lowest BCUT2D eigenvalue weighted by Gasteiger charge is -2.07. The number of thiophene rings is 1. The maximum Gasteiger partial charge on any atom is 0.157 e. The van der Waals surface area contributed by atoms with Crippen molar-refractivity contribution in [2.45, 2.75) is 20.4 Å². The number of fused-ring (bicyclic) bond motifs is 1. The molecule has 0 aliphatic heterocycles. The van der Waals surface area contributed by atoms with Gasteiger partial charge >= 0.3 is 0 Å². The molecule has 0 radical (unpaired) electrons. The molecule has 7 nitrogen and oxygen atoms in total. The number of aryl methyl sites for hydroxylation is 2. The van der Waals surface area contributed by atoms with E-state index in [-0.39, 0.29) is 0 Å². The molecule has 0 fully saturated rings. The summed E-state index contributed by atoms with van der Waals surface area (Å²) < 4.78 is 3.60. The molecule has 0 aromatic carbocycles. The number of rotatable bonds is 4. The predicted octanol–water partition coefficient (Wildman–Crippen LogP) is 2.60. The monoisotopic (exact) mass is 325 g/mol. The molecule has 8 heteroatoms. The molecule has 4 rings (SSSR count). The van der Waals surface area contributed by atoms with Crippen LogP contribution in [0.3, 0.4) is 0 Å². The summed E-state index contributed by atoms with van der Waals surface area (Å²) >= 11 is 1.63. The van der Waals surface area contributed by atoms with Gasteiger partial charge in [0.25, 0.3) is 0 Å². The zero-order valence-electron chi connectivity index (χ0n) is 12.8. The van der Waals surface area contributed by atoms with Crippen LogP contribution >= 0.6 is 11.3 Å². The summed E-state index contributed by atoms with van der Waals surface area (Å²) in [6.45, 7) is 4.50. The molecule has 0 spiro atoms. The van der Waals surface area contributed by atoms with Gasteiger partial charge in [-0.3, -0.25) is 0 Å². The molecule has 23 heavy (non-hydrogen) atoms. The first-order valence-electron chi connectivity index (χ1n) is 7.22. The van der Waals surface area contributed by atoms with E-state index in [0.717, 1.165) is 33.5 Å². The molecule has 0 atom stereocenters. The molecule has 0 unspecified atom stereocenters. The number of aromatic nitrogens is 6. The highest BCUT2D eigenvalue weighted by atomic mass is 32.1. The van der Waals surface area contributed by atoms with Gasteiger partial charge in [-0.25, -0.2) is 9.67 Å². The first-order chi connectivity index (χ1) is 11.2. The highest BCUT2D eigenvalue weighted by Crippen LogP contribution is 2.16. The Balaban J connectivity index is 1.57. The van der Waals surface area contributed by atoms with E-state index >= 15 is 0 Å². The maximum absolute atomic E-state index is 4.48. The molecule has 1 N–H and O–H groups in total. The van der Waals surface area contributed by atoms with Gasteiger partial charge in [0.15, 0.2) is 5.65 Å². The molecular weight excluding hydrogens is 310 g/mol. The smallest absolute Gasteiger partial charge is 0.157 e. The Hall–Kier alpha value is -2.74. The van der Waals surface area contributed by atoms with Crippen molar-refractivity contribution in [2.75, 3.05) is 5.32 Å². The van der Waals surface area contributed by atoms with Crippen LogP contribution in [0.4, 0.5) is 5.82 Å². The summed E-state index contributed by atoms with van der Waals surface area (Å²) in [5, 5.41) is 19.3. The van der Waals surface area contributed by atoms with Gasteiger partial charge in [0.1, 0.15) is 16.5 Å². The Morgan fingerprint density at radius 2 is 2.13 bits per heavy atom. The van der Waals surface area contributed by atoms with Crippen molar-refractivity contribution in [1.82, 2.24) is 29.6 Å². The average molecular weight is 325 g/mol. The summed E-state index contributed by atoms with van der Waals surface area (Å²) in [5.41, 5.74) is 3.59. The van der Waals surface area contributed by atoms with Crippen LogP contribution in [0.2, 0.25) is 0 Å². The third-order valence-corrected chi connectivity index (χ3v) is 4.26. The summed E-state index contributed by atoms with van der Waals surface area (Å²) in [6, 6.07) is 7.95. The lowest BCUT2D eigenvalue weighted by atomic mass is 10.4. The molecular formula is C15H15N7S. The molecule has 4 aromatic heterocycles. The first-order valence-corrected chi connectivity index (χ1v) is 8.10. The van der Waals surface area contributed by atoms with E-state index in [1.54, 1.807) is 16.0 Å².